The summed E-state index contributed by atoms with van der Waals surface area (Å²) in [6.07, 6.45) is 25.9. The van der Waals surface area contributed by atoms with Crippen molar-refractivity contribution in [1.82, 2.24) is 9.97 Å². The summed E-state index contributed by atoms with van der Waals surface area (Å²) in [6, 6.07) is 8.99. The van der Waals surface area contributed by atoms with Crippen molar-refractivity contribution in [1.29, 1.82) is 0 Å². The summed E-state index contributed by atoms with van der Waals surface area (Å²) in [4.78, 5) is 9.22. The Labute approximate surface area is 197 Å². The number of nitrogens with zero attached hydrogens (tertiary/aromatic N) is 2. The highest BCUT2D eigenvalue weighted by molar-refractivity contribution is 5.55. The van der Waals surface area contributed by atoms with Gasteiger partial charge in [0, 0.05) is 18.0 Å². The van der Waals surface area contributed by atoms with Gasteiger partial charge in [-0.1, -0.05) is 115 Å². The van der Waals surface area contributed by atoms with Gasteiger partial charge in [-0.3, -0.25) is 0 Å². The minimum atomic E-state index is 0.851. The number of hydrogen-bond acceptors (Lipinski definition) is 2. The molecule has 0 radical (unpaired) electrons. The number of aromatic nitrogens is 2. The van der Waals surface area contributed by atoms with Crippen LogP contribution in [0.5, 0.6) is 0 Å². The lowest BCUT2D eigenvalue weighted by atomic mass is 9.77. The van der Waals surface area contributed by atoms with E-state index in [-0.39, 0.29) is 0 Å². The van der Waals surface area contributed by atoms with E-state index in [2.05, 4.69) is 48.1 Å². The zero-order chi connectivity index (χ0) is 22.4. The maximum absolute atomic E-state index is 4.61. The molecule has 1 saturated carbocycles. The molecule has 1 fully saturated rings. The van der Waals surface area contributed by atoms with Crippen LogP contribution in [0.4, 0.5) is 0 Å². The third kappa shape index (κ3) is 8.68. The van der Waals surface area contributed by atoms with E-state index in [0.29, 0.717) is 0 Å². The molecule has 1 aliphatic carbocycles. The third-order valence-corrected chi connectivity index (χ3v) is 7.51. The van der Waals surface area contributed by atoms with Gasteiger partial charge in [-0.05, 0) is 48.6 Å². The van der Waals surface area contributed by atoms with Crippen molar-refractivity contribution in [3.05, 3.63) is 47.8 Å². The minimum absolute atomic E-state index is 0.851. The van der Waals surface area contributed by atoms with Crippen molar-refractivity contribution < 1.29 is 0 Å². The Hall–Kier alpha value is -1.70. The highest BCUT2D eigenvalue weighted by Gasteiger charge is 2.20. The molecule has 1 aromatic heterocycles. The zero-order valence-corrected chi connectivity index (χ0v) is 20.8. The quantitative estimate of drug-likeness (QED) is 0.277. The largest absolute Gasteiger partial charge is 0.236 e. The maximum Gasteiger partial charge on any atom is 0.159 e. The van der Waals surface area contributed by atoms with Crippen LogP contribution < -0.4 is 0 Å². The van der Waals surface area contributed by atoms with Gasteiger partial charge in [-0.25, -0.2) is 9.97 Å². The summed E-state index contributed by atoms with van der Waals surface area (Å²) >= 11 is 0. The molecule has 0 amide bonds. The summed E-state index contributed by atoms with van der Waals surface area (Å²) in [7, 11) is 0. The second-order valence-electron chi connectivity index (χ2n) is 10.2. The van der Waals surface area contributed by atoms with Gasteiger partial charge < -0.3 is 0 Å². The predicted molar refractivity (Wildman–Crippen MR) is 138 cm³/mol. The highest BCUT2D eigenvalue weighted by atomic mass is 14.9. The molecule has 0 spiro atoms. The van der Waals surface area contributed by atoms with Crippen LogP contribution in [-0.4, -0.2) is 9.97 Å². The Balaban J connectivity index is 1.35. The standard InChI is InChI=1S/C30H46N2/c1-3-5-7-8-10-11-25-13-15-26(16-14-25)17-18-27-19-21-29(22-20-27)30-31-23-28(24-32-30)12-9-6-4-2/h19-26H,3-18H2,1-2H3. The van der Waals surface area contributed by atoms with Crippen LogP contribution in [0.3, 0.4) is 0 Å². The fraction of sp³-hybridized carbons (Fsp3) is 0.667. The SMILES string of the molecule is CCCCCCCC1CCC(CCc2ccc(-c3ncc(CCCCC)cn3)cc2)CC1. The van der Waals surface area contributed by atoms with Crippen LogP contribution in [0, 0.1) is 11.8 Å². The van der Waals surface area contributed by atoms with Crippen LogP contribution >= 0.6 is 0 Å². The first-order valence-corrected chi connectivity index (χ1v) is 13.7. The molecule has 0 atom stereocenters. The predicted octanol–water partition coefficient (Wildman–Crippen LogP) is 8.98. The fourth-order valence-corrected chi connectivity index (χ4v) is 5.25. The van der Waals surface area contributed by atoms with Crippen molar-refractivity contribution in [2.24, 2.45) is 11.8 Å². The van der Waals surface area contributed by atoms with Gasteiger partial charge >= 0.3 is 0 Å². The van der Waals surface area contributed by atoms with Gasteiger partial charge in [0.25, 0.3) is 0 Å². The highest BCUT2D eigenvalue weighted by Crippen LogP contribution is 2.34. The Morgan fingerprint density at radius 2 is 1.22 bits per heavy atom. The summed E-state index contributed by atoms with van der Waals surface area (Å²) < 4.78 is 0. The number of hydrogen-bond donors (Lipinski definition) is 0. The first kappa shape index (κ1) is 24.9. The van der Waals surface area contributed by atoms with E-state index in [1.165, 1.54) is 107 Å². The van der Waals surface area contributed by atoms with Gasteiger partial charge in [0.1, 0.15) is 0 Å². The van der Waals surface area contributed by atoms with Crippen LogP contribution in [0.15, 0.2) is 36.7 Å². The number of benzene rings is 1. The van der Waals surface area contributed by atoms with E-state index in [4.69, 9.17) is 0 Å². The van der Waals surface area contributed by atoms with Gasteiger partial charge in [0.15, 0.2) is 5.82 Å². The normalized spacial score (nSPS) is 18.7. The topological polar surface area (TPSA) is 25.8 Å². The molecule has 176 valence electrons. The number of unbranched alkanes of at least 4 members (excludes halogenated alkanes) is 6. The van der Waals surface area contributed by atoms with Crippen LogP contribution in [-0.2, 0) is 12.8 Å². The van der Waals surface area contributed by atoms with Crippen LogP contribution in [0.1, 0.15) is 115 Å². The average Bonchev–Trinajstić information content (AvgIpc) is 2.84. The van der Waals surface area contributed by atoms with E-state index in [9.17, 15) is 0 Å². The molecular formula is C30H46N2. The second-order valence-corrected chi connectivity index (χ2v) is 10.2. The third-order valence-electron chi connectivity index (χ3n) is 7.51. The van der Waals surface area contributed by atoms with Crippen LogP contribution in [0.2, 0.25) is 0 Å². The van der Waals surface area contributed by atoms with E-state index >= 15 is 0 Å². The Kier molecular flexibility index (Phi) is 11.3. The molecule has 2 aromatic rings. The summed E-state index contributed by atoms with van der Waals surface area (Å²) in [5.74, 6) is 2.81. The minimum Gasteiger partial charge on any atom is -0.236 e. The van der Waals surface area contributed by atoms with E-state index < -0.39 is 0 Å². The van der Waals surface area contributed by atoms with Gasteiger partial charge in [0.05, 0.1) is 0 Å². The molecule has 32 heavy (non-hydrogen) atoms. The monoisotopic (exact) mass is 434 g/mol. The molecule has 0 aliphatic heterocycles. The lowest BCUT2D eigenvalue weighted by molar-refractivity contribution is 0.248. The molecule has 0 saturated heterocycles. The number of rotatable bonds is 14. The molecule has 3 rings (SSSR count). The van der Waals surface area contributed by atoms with E-state index in [1.807, 2.05) is 12.4 Å². The zero-order valence-electron chi connectivity index (χ0n) is 20.8. The number of aryl methyl sites for hydroxylation is 2. The van der Waals surface area contributed by atoms with E-state index in [1.54, 1.807) is 0 Å². The molecular weight excluding hydrogens is 388 g/mol. The summed E-state index contributed by atoms with van der Waals surface area (Å²) in [5.41, 5.74) is 3.85. The lowest BCUT2D eigenvalue weighted by Gasteiger charge is -2.28. The first-order chi connectivity index (χ1) is 15.8. The summed E-state index contributed by atoms with van der Waals surface area (Å²) in [5, 5.41) is 0. The Morgan fingerprint density at radius 1 is 0.625 bits per heavy atom. The maximum atomic E-state index is 4.61. The van der Waals surface area contributed by atoms with Crippen molar-refractivity contribution in [2.45, 2.75) is 117 Å². The van der Waals surface area contributed by atoms with Crippen molar-refractivity contribution in [2.75, 3.05) is 0 Å². The lowest BCUT2D eigenvalue weighted by Crippen LogP contribution is -2.15. The molecule has 2 heteroatoms. The van der Waals surface area contributed by atoms with Gasteiger partial charge in [-0.15, -0.1) is 0 Å². The molecule has 0 bridgehead atoms. The second kappa shape index (κ2) is 14.4. The smallest absolute Gasteiger partial charge is 0.159 e. The average molecular weight is 435 g/mol. The Bertz CT molecular complexity index is 726. The molecule has 0 N–H and O–H groups in total. The van der Waals surface area contributed by atoms with Gasteiger partial charge in [-0.2, -0.15) is 0 Å². The van der Waals surface area contributed by atoms with Gasteiger partial charge in [0.2, 0.25) is 0 Å². The first-order valence-electron chi connectivity index (χ1n) is 13.7. The molecule has 2 nitrogen and oxygen atoms in total. The molecule has 1 heterocycles. The van der Waals surface area contributed by atoms with Crippen molar-refractivity contribution in [3.63, 3.8) is 0 Å². The fourth-order valence-electron chi connectivity index (χ4n) is 5.25. The van der Waals surface area contributed by atoms with Crippen LogP contribution in [0.25, 0.3) is 11.4 Å². The molecule has 1 aromatic carbocycles. The van der Waals surface area contributed by atoms with Crippen molar-refractivity contribution in [3.8, 4) is 11.4 Å². The van der Waals surface area contributed by atoms with Crippen molar-refractivity contribution >= 4 is 0 Å². The van der Waals surface area contributed by atoms with E-state index in [0.717, 1.165) is 29.6 Å². The summed E-state index contributed by atoms with van der Waals surface area (Å²) in [6.45, 7) is 4.54. The Morgan fingerprint density at radius 3 is 1.88 bits per heavy atom. The molecule has 1 aliphatic rings. The molecule has 0 unspecified atom stereocenters.